The van der Waals surface area contributed by atoms with Gasteiger partial charge in [0.05, 0.1) is 12.0 Å². The largest absolute Gasteiger partial charge is 0.496 e. The fourth-order valence-corrected chi connectivity index (χ4v) is 4.14. The van der Waals surface area contributed by atoms with E-state index in [4.69, 9.17) is 4.74 Å². The summed E-state index contributed by atoms with van der Waals surface area (Å²) < 4.78 is 7.31. The predicted molar refractivity (Wildman–Crippen MR) is 133 cm³/mol. The van der Waals surface area contributed by atoms with Crippen LogP contribution in [0.25, 0.3) is 6.08 Å². The average molecular weight is 571 g/mol. The van der Waals surface area contributed by atoms with E-state index in [2.05, 4.69) is 37.2 Å². The number of ether oxygens (including phenoxy) is 1. The van der Waals surface area contributed by atoms with Crippen LogP contribution in [0.4, 0.5) is 11.4 Å². The second kappa shape index (κ2) is 10.9. The van der Waals surface area contributed by atoms with E-state index < -0.39 is 10.8 Å². The number of nitro groups is 1. The van der Waals surface area contributed by atoms with Crippen LogP contribution >= 0.6 is 31.9 Å². The lowest BCUT2D eigenvalue weighted by Gasteiger charge is -2.13. The molecule has 1 amide bonds. The molecule has 3 aromatic rings. The van der Waals surface area contributed by atoms with Gasteiger partial charge in [0.2, 0.25) is 0 Å². The molecule has 0 aliphatic rings. The number of nitro benzene ring substituents is 1. The van der Waals surface area contributed by atoms with Crippen LogP contribution in [-0.2, 0) is 11.2 Å². The van der Waals surface area contributed by atoms with Crippen LogP contribution in [0.1, 0.15) is 16.7 Å². The van der Waals surface area contributed by atoms with Crippen LogP contribution in [-0.4, -0.2) is 17.9 Å². The van der Waals surface area contributed by atoms with E-state index in [0.717, 1.165) is 20.1 Å². The number of amides is 1. The smallest absolute Gasteiger partial charge is 0.271 e. The summed E-state index contributed by atoms with van der Waals surface area (Å²) in [6.45, 7) is 0. The van der Waals surface area contributed by atoms with Gasteiger partial charge in [0.25, 0.3) is 11.6 Å². The minimum Gasteiger partial charge on any atom is -0.496 e. The SMILES string of the molecule is COc1cc(/C=C(\C#N)C(=O)Nc2cccc([N+](=O)[O-])c2)cc(Br)c1Cc1ccccc1Br. The number of hydrogen-bond acceptors (Lipinski definition) is 5. The maximum atomic E-state index is 12.6. The van der Waals surface area contributed by atoms with E-state index in [-0.39, 0.29) is 16.9 Å². The third-order valence-corrected chi connectivity index (χ3v) is 6.19. The highest BCUT2D eigenvalue weighted by molar-refractivity contribution is 9.10. The second-order valence-corrected chi connectivity index (χ2v) is 8.59. The van der Waals surface area contributed by atoms with Crippen molar-refractivity contribution in [1.29, 1.82) is 5.26 Å². The Balaban J connectivity index is 1.89. The monoisotopic (exact) mass is 569 g/mol. The van der Waals surface area contributed by atoms with Crippen molar-refractivity contribution in [2.24, 2.45) is 0 Å². The molecule has 0 bridgehead atoms. The Labute approximate surface area is 207 Å². The maximum absolute atomic E-state index is 12.6. The first-order valence-electron chi connectivity index (χ1n) is 9.59. The zero-order valence-electron chi connectivity index (χ0n) is 17.3. The number of nitrogens with zero attached hydrogens (tertiary/aromatic N) is 2. The van der Waals surface area contributed by atoms with Crippen molar-refractivity contribution >= 4 is 55.2 Å². The van der Waals surface area contributed by atoms with E-state index in [0.29, 0.717) is 17.7 Å². The van der Waals surface area contributed by atoms with Crippen LogP contribution in [0.15, 0.2) is 75.2 Å². The number of benzene rings is 3. The molecular formula is C24H17Br2N3O4. The first kappa shape index (κ1) is 24.2. The first-order valence-corrected chi connectivity index (χ1v) is 11.2. The zero-order valence-corrected chi connectivity index (χ0v) is 20.5. The summed E-state index contributed by atoms with van der Waals surface area (Å²) in [4.78, 5) is 23.0. The number of nitriles is 1. The number of anilines is 1. The van der Waals surface area contributed by atoms with Gasteiger partial charge in [0.1, 0.15) is 17.4 Å². The van der Waals surface area contributed by atoms with Gasteiger partial charge in [-0.05, 0) is 41.5 Å². The number of nitrogens with one attached hydrogen (secondary N) is 1. The minimum atomic E-state index is -0.676. The van der Waals surface area contributed by atoms with Gasteiger partial charge in [-0.3, -0.25) is 14.9 Å². The highest BCUT2D eigenvalue weighted by atomic mass is 79.9. The highest BCUT2D eigenvalue weighted by Crippen LogP contribution is 2.33. The molecule has 0 aromatic heterocycles. The minimum absolute atomic E-state index is 0.158. The fraction of sp³-hybridized carbons (Fsp3) is 0.0833. The molecule has 0 fully saturated rings. The second-order valence-electron chi connectivity index (χ2n) is 6.88. The molecule has 0 saturated carbocycles. The molecule has 0 unspecified atom stereocenters. The molecule has 0 atom stereocenters. The van der Waals surface area contributed by atoms with Gasteiger partial charge in [-0.1, -0.05) is 56.1 Å². The van der Waals surface area contributed by atoms with Gasteiger partial charge >= 0.3 is 0 Å². The Morgan fingerprint density at radius 2 is 1.91 bits per heavy atom. The van der Waals surface area contributed by atoms with Crippen molar-refractivity contribution in [3.63, 3.8) is 0 Å². The summed E-state index contributed by atoms with van der Waals surface area (Å²) in [7, 11) is 1.55. The lowest BCUT2D eigenvalue weighted by atomic mass is 10.0. The molecule has 0 heterocycles. The van der Waals surface area contributed by atoms with E-state index in [1.807, 2.05) is 30.3 Å². The van der Waals surface area contributed by atoms with Gasteiger partial charge in [0, 0.05) is 38.7 Å². The molecule has 33 heavy (non-hydrogen) atoms. The Kier molecular flexibility index (Phi) is 7.98. The molecule has 1 N–H and O–H groups in total. The molecule has 3 rings (SSSR count). The number of halogens is 2. The number of rotatable bonds is 7. The number of non-ortho nitro benzene ring substituents is 1. The number of methoxy groups -OCH3 is 1. The van der Waals surface area contributed by atoms with Crippen molar-refractivity contribution in [3.05, 3.63) is 102 Å². The molecule has 3 aromatic carbocycles. The molecule has 0 saturated heterocycles. The van der Waals surface area contributed by atoms with Crippen LogP contribution in [0.3, 0.4) is 0 Å². The molecule has 0 aliphatic carbocycles. The van der Waals surface area contributed by atoms with Crippen molar-refractivity contribution < 1.29 is 14.5 Å². The van der Waals surface area contributed by atoms with Gasteiger partial charge < -0.3 is 10.1 Å². The molecule has 7 nitrogen and oxygen atoms in total. The average Bonchev–Trinajstić information content (AvgIpc) is 2.80. The number of hydrogen-bond donors (Lipinski definition) is 1. The summed E-state index contributed by atoms with van der Waals surface area (Å²) >= 11 is 7.13. The topological polar surface area (TPSA) is 105 Å². The Morgan fingerprint density at radius 3 is 2.58 bits per heavy atom. The van der Waals surface area contributed by atoms with Crippen LogP contribution < -0.4 is 10.1 Å². The maximum Gasteiger partial charge on any atom is 0.271 e. The van der Waals surface area contributed by atoms with Gasteiger partial charge in [-0.15, -0.1) is 0 Å². The zero-order chi connectivity index (χ0) is 24.0. The lowest BCUT2D eigenvalue weighted by molar-refractivity contribution is -0.384. The summed E-state index contributed by atoms with van der Waals surface area (Å²) in [6.07, 6.45) is 2.04. The summed E-state index contributed by atoms with van der Waals surface area (Å²) in [6, 6.07) is 18.8. The van der Waals surface area contributed by atoms with Gasteiger partial charge in [0.15, 0.2) is 0 Å². The Hall–Kier alpha value is -3.48. The molecule has 0 spiro atoms. The van der Waals surface area contributed by atoms with E-state index in [1.165, 1.54) is 30.3 Å². The fourth-order valence-electron chi connectivity index (χ4n) is 3.11. The quantitative estimate of drug-likeness (QED) is 0.156. The van der Waals surface area contributed by atoms with E-state index >= 15 is 0 Å². The Morgan fingerprint density at radius 1 is 1.15 bits per heavy atom. The lowest BCUT2D eigenvalue weighted by Crippen LogP contribution is -2.13. The van der Waals surface area contributed by atoms with Crippen LogP contribution in [0.2, 0.25) is 0 Å². The molecule has 9 heteroatoms. The highest BCUT2D eigenvalue weighted by Gasteiger charge is 2.15. The van der Waals surface area contributed by atoms with E-state index in [1.54, 1.807) is 19.2 Å². The molecule has 0 aliphatic heterocycles. The molecule has 0 radical (unpaired) electrons. The van der Waals surface area contributed by atoms with Gasteiger partial charge in [-0.2, -0.15) is 5.26 Å². The van der Waals surface area contributed by atoms with Crippen molar-refractivity contribution in [1.82, 2.24) is 0 Å². The van der Waals surface area contributed by atoms with E-state index in [9.17, 15) is 20.2 Å². The van der Waals surface area contributed by atoms with Crippen molar-refractivity contribution in [2.45, 2.75) is 6.42 Å². The summed E-state index contributed by atoms with van der Waals surface area (Å²) in [5.41, 5.74) is 2.48. The number of carbonyl (C=O) groups excluding carboxylic acids is 1. The van der Waals surface area contributed by atoms with Gasteiger partial charge in [-0.25, -0.2) is 0 Å². The van der Waals surface area contributed by atoms with Crippen LogP contribution in [0.5, 0.6) is 5.75 Å². The van der Waals surface area contributed by atoms with Crippen molar-refractivity contribution in [2.75, 3.05) is 12.4 Å². The van der Waals surface area contributed by atoms with Crippen molar-refractivity contribution in [3.8, 4) is 11.8 Å². The summed E-state index contributed by atoms with van der Waals surface area (Å²) in [5, 5.41) is 23.0. The third kappa shape index (κ3) is 6.06. The standard InChI is InChI=1S/C24H17Br2N3O4/c1-33-23-11-15(10-22(26)20(23)12-16-5-2-3-8-21(16)25)9-17(14-27)24(30)28-18-6-4-7-19(13-18)29(31)32/h2-11,13H,12H2,1H3,(H,28,30)/b17-9+. The first-order chi connectivity index (χ1) is 15.8. The summed E-state index contributed by atoms with van der Waals surface area (Å²) in [5.74, 6) is -0.0758. The molecular weight excluding hydrogens is 554 g/mol. The molecule has 166 valence electrons. The number of carbonyl (C=O) groups is 1. The Bertz CT molecular complexity index is 1300. The van der Waals surface area contributed by atoms with Crippen LogP contribution in [0, 0.1) is 21.4 Å². The normalized spacial score (nSPS) is 10.9. The third-order valence-electron chi connectivity index (χ3n) is 4.71. The predicted octanol–water partition coefficient (Wildman–Crippen LogP) is 6.26.